The maximum atomic E-state index is 12.9. The summed E-state index contributed by atoms with van der Waals surface area (Å²) in [6.07, 6.45) is -2.56. The van der Waals surface area contributed by atoms with Crippen molar-refractivity contribution in [1.82, 2.24) is 4.98 Å². The van der Waals surface area contributed by atoms with E-state index in [1.807, 2.05) is 13.8 Å². The van der Waals surface area contributed by atoms with Crippen molar-refractivity contribution in [3.8, 4) is 11.1 Å². The Morgan fingerprint density at radius 3 is 2.42 bits per heavy atom. The molecule has 2 aromatic carbocycles. The summed E-state index contributed by atoms with van der Waals surface area (Å²) in [6, 6.07) is 14.4. The van der Waals surface area contributed by atoms with Crippen LogP contribution in [0.25, 0.3) is 22.0 Å². The number of carboxylic acids is 1. The molecule has 3 aromatic rings. The number of fused-ring (bicyclic) bond motifs is 1. The van der Waals surface area contributed by atoms with Gasteiger partial charge in [-0.3, -0.25) is 0 Å². The van der Waals surface area contributed by atoms with E-state index in [0.717, 1.165) is 5.39 Å². The Balaban J connectivity index is 0.00000100. The van der Waals surface area contributed by atoms with Crippen LogP contribution in [0, 0.1) is 0 Å². The maximum Gasteiger partial charge on any atom is 0.354 e. The van der Waals surface area contributed by atoms with E-state index < -0.39 is 12.4 Å². The topological polar surface area (TPSA) is 50.2 Å². The fourth-order valence-electron chi connectivity index (χ4n) is 2.34. The number of hydrogen-bond donors (Lipinski definition) is 1. The molecular weight excluding hydrogens is 312 g/mol. The molecule has 24 heavy (non-hydrogen) atoms. The molecule has 0 saturated heterocycles. The van der Waals surface area contributed by atoms with Gasteiger partial charge in [-0.15, -0.1) is 0 Å². The van der Waals surface area contributed by atoms with Crippen LogP contribution in [0.4, 0.5) is 8.78 Å². The van der Waals surface area contributed by atoms with Crippen molar-refractivity contribution in [2.45, 2.75) is 20.3 Å². The van der Waals surface area contributed by atoms with Crippen molar-refractivity contribution in [3.63, 3.8) is 0 Å². The zero-order valence-corrected chi connectivity index (χ0v) is 13.3. The second-order valence-electron chi connectivity index (χ2n) is 4.81. The summed E-state index contributed by atoms with van der Waals surface area (Å²) in [4.78, 5) is 15.2. The molecule has 124 valence electrons. The quantitative estimate of drug-likeness (QED) is 0.684. The van der Waals surface area contributed by atoms with Gasteiger partial charge in [0.15, 0.2) is 0 Å². The van der Waals surface area contributed by atoms with Gasteiger partial charge < -0.3 is 5.11 Å². The Labute approximate surface area is 138 Å². The van der Waals surface area contributed by atoms with Crippen molar-refractivity contribution >= 4 is 16.9 Å². The summed E-state index contributed by atoms with van der Waals surface area (Å²) in [6.45, 7) is 4.00. The first kappa shape index (κ1) is 17.5. The van der Waals surface area contributed by atoms with Gasteiger partial charge in [-0.1, -0.05) is 56.3 Å². The van der Waals surface area contributed by atoms with Crippen LogP contribution >= 0.6 is 0 Å². The predicted octanol–water partition coefficient (Wildman–Crippen LogP) is 5.56. The van der Waals surface area contributed by atoms with E-state index in [0.29, 0.717) is 16.6 Å². The number of pyridine rings is 1. The highest BCUT2D eigenvalue weighted by atomic mass is 19.3. The van der Waals surface area contributed by atoms with Gasteiger partial charge in [0.05, 0.1) is 5.52 Å². The van der Waals surface area contributed by atoms with E-state index in [1.165, 1.54) is 18.2 Å². The molecule has 0 amide bonds. The molecule has 3 rings (SSSR count). The molecule has 1 N–H and O–H groups in total. The van der Waals surface area contributed by atoms with Crippen molar-refractivity contribution in [1.29, 1.82) is 0 Å². The highest BCUT2D eigenvalue weighted by Gasteiger charge is 2.12. The van der Waals surface area contributed by atoms with E-state index in [2.05, 4.69) is 4.98 Å². The Bertz CT molecular complexity index is 863. The number of nitrogens with zero attached hydrogens (tertiary/aromatic N) is 1. The Morgan fingerprint density at radius 2 is 1.75 bits per heavy atom. The first-order chi connectivity index (χ1) is 11.6. The SMILES string of the molecule is CC.O=C(O)c1ccc2cccc(-c3cccc(C(F)F)c3)c2n1. The molecule has 3 nitrogen and oxygen atoms in total. The zero-order valence-electron chi connectivity index (χ0n) is 13.3. The number of aromatic carboxylic acids is 1. The minimum Gasteiger partial charge on any atom is -0.477 e. The summed E-state index contributed by atoms with van der Waals surface area (Å²) in [7, 11) is 0. The lowest BCUT2D eigenvalue weighted by Crippen LogP contribution is -2.00. The highest BCUT2D eigenvalue weighted by molar-refractivity contribution is 5.96. The van der Waals surface area contributed by atoms with E-state index in [4.69, 9.17) is 5.11 Å². The molecule has 0 bridgehead atoms. The lowest BCUT2D eigenvalue weighted by atomic mass is 10.00. The first-order valence-corrected chi connectivity index (χ1v) is 7.58. The average Bonchev–Trinajstić information content (AvgIpc) is 2.62. The van der Waals surface area contributed by atoms with Crippen molar-refractivity contribution in [2.24, 2.45) is 0 Å². The van der Waals surface area contributed by atoms with E-state index >= 15 is 0 Å². The minimum atomic E-state index is -2.56. The third-order valence-electron chi connectivity index (χ3n) is 3.39. The molecule has 1 heterocycles. The van der Waals surface area contributed by atoms with Gasteiger partial charge in [-0.2, -0.15) is 0 Å². The van der Waals surface area contributed by atoms with Crippen LogP contribution in [-0.4, -0.2) is 16.1 Å². The molecular formula is C19H17F2NO2. The van der Waals surface area contributed by atoms with Crippen molar-refractivity contribution in [2.75, 3.05) is 0 Å². The van der Waals surface area contributed by atoms with Crippen molar-refractivity contribution in [3.05, 3.63) is 65.9 Å². The third-order valence-corrected chi connectivity index (χ3v) is 3.39. The largest absolute Gasteiger partial charge is 0.477 e. The molecule has 0 aliphatic heterocycles. The number of alkyl halides is 2. The zero-order chi connectivity index (χ0) is 17.7. The Kier molecular flexibility index (Phi) is 5.58. The van der Waals surface area contributed by atoms with Gasteiger partial charge in [0.1, 0.15) is 5.69 Å². The Hall–Kier alpha value is -2.82. The summed E-state index contributed by atoms with van der Waals surface area (Å²) in [5.74, 6) is -1.13. The molecule has 0 fully saturated rings. The number of aromatic nitrogens is 1. The summed E-state index contributed by atoms with van der Waals surface area (Å²) >= 11 is 0. The number of benzene rings is 2. The van der Waals surface area contributed by atoms with Crippen LogP contribution in [0.2, 0.25) is 0 Å². The van der Waals surface area contributed by atoms with Crippen LogP contribution in [0.3, 0.4) is 0 Å². The summed E-state index contributed by atoms with van der Waals surface area (Å²) < 4.78 is 25.7. The van der Waals surface area contributed by atoms with Gasteiger partial charge in [0.2, 0.25) is 0 Å². The summed E-state index contributed by atoms with van der Waals surface area (Å²) in [5, 5.41) is 9.82. The normalized spacial score (nSPS) is 10.4. The second-order valence-corrected chi connectivity index (χ2v) is 4.81. The number of hydrogen-bond acceptors (Lipinski definition) is 2. The third kappa shape index (κ3) is 3.56. The molecule has 0 radical (unpaired) electrons. The monoisotopic (exact) mass is 329 g/mol. The predicted molar refractivity (Wildman–Crippen MR) is 90.4 cm³/mol. The fourth-order valence-corrected chi connectivity index (χ4v) is 2.34. The molecule has 1 aromatic heterocycles. The van der Waals surface area contributed by atoms with Gasteiger partial charge in [0, 0.05) is 16.5 Å². The fraction of sp³-hybridized carbons (Fsp3) is 0.158. The van der Waals surface area contributed by atoms with Crippen molar-refractivity contribution < 1.29 is 18.7 Å². The van der Waals surface area contributed by atoms with Crippen LogP contribution in [0.5, 0.6) is 0 Å². The maximum absolute atomic E-state index is 12.9. The molecule has 0 atom stereocenters. The number of rotatable bonds is 3. The number of carbonyl (C=O) groups is 1. The summed E-state index contributed by atoms with van der Waals surface area (Å²) in [5.41, 5.74) is 1.53. The lowest BCUT2D eigenvalue weighted by Gasteiger charge is -2.08. The molecule has 0 unspecified atom stereocenters. The van der Waals surface area contributed by atoms with E-state index in [9.17, 15) is 13.6 Å². The van der Waals surface area contributed by atoms with E-state index in [1.54, 1.807) is 36.4 Å². The number of carboxylic acid groups (broad SMARTS) is 1. The number of halogens is 2. The standard InChI is InChI=1S/C17H11F2NO2.C2H6/c18-16(19)12-5-1-4-11(9-12)13-6-2-3-10-7-8-14(17(21)22)20-15(10)13;1-2/h1-9,16H,(H,21,22);1-2H3. The molecule has 0 aliphatic rings. The first-order valence-electron chi connectivity index (χ1n) is 7.58. The lowest BCUT2D eigenvalue weighted by molar-refractivity contribution is 0.0691. The van der Waals surface area contributed by atoms with Gasteiger partial charge in [-0.25, -0.2) is 18.6 Å². The molecule has 5 heteroatoms. The van der Waals surface area contributed by atoms with Gasteiger partial charge >= 0.3 is 5.97 Å². The van der Waals surface area contributed by atoms with Crippen LogP contribution < -0.4 is 0 Å². The molecule has 0 spiro atoms. The van der Waals surface area contributed by atoms with Gasteiger partial charge in [0.25, 0.3) is 6.43 Å². The van der Waals surface area contributed by atoms with E-state index in [-0.39, 0.29) is 11.3 Å². The molecule has 0 aliphatic carbocycles. The molecule has 0 saturated carbocycles. The smallest absolute Gasteiger partial charge is 0.354 e. The minimum absolute atomic E-state index is 0.0787. The Morgan fingerprint density at radius 1 is 1.04 bits per heavy atom. The highest BCUT2D eigenvalue weighted by Crippen LogP contribution is 2.30. The van der Waals surface area contributed by atoms with Crippen LogP contribution in [0.1, 0.15) is 36.3 Å². The van der Waals surface area contributed by atoms with Crippen LogP contribution in [0.15, 0.2) is 54.6 Å². The van der Waals surface area contributed by atoms with Crippen LogP contribution in [-0.2, 0) is 0 Å². The number of para-hydroxylation sites is 1. The second kappa shape index (κ2) is 7.64. The average molecular weight is 329 g/mol. The van der Waals surface area contributed by atoms with Gasteiger partial charge in [-0.05, 0) is 17.7 Å².